The van der Waals surface area contributed by atoms with Crippen LogP contribution in [0.5, 0.6) is 0 Å². The molecular weight excluding hydrogens is 356 g/mol. The molecule has 27 heavy (non-hydrogen) atoms. The van der Waals surface area contributed by atoms with E-state index >= 15 is 0 Å². The molecule has 1 aromatic heterocycles. The summed E-state index contributed by atoms with van der Waals surface area (Å²) in [6, 6.07) is 6.75. The fourth-order valence-corrected chi connectivity index (χ4v) is 4.48. The summed E-state index contributed by atoms with van der Waals surface area (Å²) in [6.45, 7) is 9.75. The summed E-state index contributed by atoms with van der Waals surface area (Å²) in [5.41, 5.74) is 3.54. The number of hydrogen-bond donors (Lipinski definition) is 1. The van der Waals surface area contributed by atoms with Gasteiger partial charge >= 0.3 is 0 Å². The van der Waals surface area contributed by atoms with Crippen molar-refractivity contribution in [1.29, 1.82) is 0 Å². The highest BCUT2D eigenvalue weighted by Crippen LogP contribution is 2.22. The number of thioether (sulfide) groups is 1. The van der Waals surface area contributed by atoms with Gasteiger partial charge < -0.3 is 10.2 Å². The second kappa shape index (κ2) is 9.42. The molecule has 0 unspecified atom stereocenters. The number of piperidine rings is 1. The summed E-state index contributed by atoms with van der Waals surface area (Å²) in [5.74, 6) is 0.501. The molecule has 1 aromatic carbocycles. The fraction of sp³-hybridized carbons (Fsp3) is 0.524. The Labute approximate surface area is 166 Å². The first-order valence-corrected chi connectivity index (χ1v) is 10.8. The molecule has 0 radical (unpaired) electrons. The van der Waals surface area contributed by atoms with Gasteiger partial charge in [0.25, 0.3) is 0 Å². The smallest absolute Gasteiger partial charge is 0.230 e. The van der Waals surface area contributed by atoms with Gasteiger partial charge in [0.15, 0.2) is 5.16 Å². The number of hydrogen-bond acceptors (Lipinski definition) is 4. The van der Waals surface area contributed by atoms with Crippen molar-refractivity contribution in [2.24, 2.45) is 0 Å². The van der Waals surface area contributed by atoms with Crippen molar-refractivity contribution in [3.8, 4) is 5.69 Å². The molecule has 1 fully saturated rings. The van der Waals surface area contributed by atoms with Crippen LogP contribution in [-0.4, -0.2) is 51.8 Å². The third-order valence-electron chi connectivity index (χ3n) is 4.92. The molecule has 6 heteroatoms. The number of aryl methyl sites for hydroxylation is 2. The second-order valence-electron chi connectivity index (χ2n) is 7.40. The number of benzene rings is 1. The van der Waals surface area contributed by atoms with Crippen LogP contribution in [0, 0.1) is 13.8 Å². The molecular formula is C21H30N4OS. The molecule has 1 saturated heterocycles. The molecule has 146 valence electrons. The third-order valence-corrected chi connectivity index (χ3v) is 5.88. The molecule has 1 aliphatic heterocycles. The molecule has 1 N–H and O–H groups in total. The van der Waals surface area contributed by atoms with Crippen LogP contribution in [0.25, 0.3) is 5.69 Å². The number of aromatic nitrogens is 2. The molecule has 2 heterocycles. The van der Waals surface area contributed by atoms with Crippen molar-refractivity contribution >= 4 is 17.7 Å². The van der Waals surface area contributed by atoms with E-state index in [0.29, 0.717) is 11.8 Å². The Morgan fingerprint density at radius 2 is 1.93 bits per heavy atom. The van der Waals surface area contributed by atoms with Crippen LogP contribution in [0.3, 0.4) is 0 Å². The van der Waals surface area contributed by atoms with E-state index in [1.807, 2.05) is 6.20 Å². The number of rotatable bonds is 7. The standard InChI is InChI=1S/C21H30N4OS/c1-4-8-24-9-5-18(6-10-24)23-20(26)15-27-21-22-7-11-25(21)19-13-16(2)12-17(3)14-19/h7,11-14,18H,4-6,8-10,15H2,1-3H3,(H,23,26). The Kier molecular flexibility index (Phi) is 6.96. The van der Waals surface area contributed by atoms with Gasteiger partial charge in [-0.1, -0.05) is 24.8 Å². The maximum Gasteiger partial charge on any atom is 0.230 e. The minimum absolute atomic E-state index is 0.101. The largest absolute Gasteiger partial charge is 0.353 e. The predicted molar refractivity (Wildman–Crippen MR) is 112 cm³/mol. The average Bonchev–Trinajstić information content (AvgIpc) is 3.10. The molecule has 5 nitrogen and oxygen atoms in total. The number of nitrogens with zero attached hydrogens (tertiary/aromatic N) is 3. The third kappa shape index (κ3) is 5.59. The van der Waals surface area contributed by atoms with Gasteiger partial charge in [-0.05, 0) is 62.9 Å². The first-order valence-electron chi connectivity index (χ1n) is 9.81. The van der Waals surface area contributed by atoms with Gasteiger partial charge in [-0.2, -0.15) is 0 Å². The van der Waals surface area contributed by atoms with Gasteiger partial charge in [0, 0.05) is 37.2 Å². The van der Waals surface area contributed by atoms with E-state index in [4.69, 9.17) is 0 Å². The molecule has 2 aromatic rings. The zero-order valence-electron chi connectivity index (χ0n) is 16.6. The highest BCUT2D eigenvalue weighted by molar-refractivity contribution is 7.99. The van der Waals surface area contributed by atoms with E-state index in [-0.39, 0.29) is 5.91 Å². The SMILES string of the molecule is CCCN1CCC(NC(=O)CSc2nccn2-c2cc(C)cc(C)c2)CC1. The second-order valence-corrected chi connectivity index (χ2v) is 8.34. The summed E-state index contributed by atoms with van der Waals surface area (Å²) in [6.07, 6.45) is 7.04. The Balaban J connectivity index is 1.52. The number of carbonyl (C=O) groups is 1. The molecule has 0 atom stereocenters. The molecule has 0 aliphatic carbocycles. The summed E-state index contributed by atoms with van der Waals surface area (Å²) in [5, 5.41) is 4.05. The van der Waals surface area contributed by atoms with Gasteiger partial charge in [0.2, 0.25) is 5.91 Å². The highest BCUT2D eigenvalue weighted by Gasteiger charge is 2.20. The summed E-state index contributed by atoms with van der Waals surface area (Å²) in [7, 11) is 0. The number of carbonyl (C=O) groups excluding carboxylic acids is 1. The van der Waals surface area contributed by atoms with Crippen LogP contribution >= 0.6 is 11.8 Å². The Hall–Kier alpha value is -1.79. The fourth-order valence-electron chi connectivity index (χ4n) is 3.70. The maximum atomic E-state index is 12.4. The normalized spacial score (nSPS) is 15.8. The van der Waals surface area contributed by atoms with E-state index in [2.05, 4.69) is 58.7 Å². The van der Waals surface area contributed by atoms with Crippen molar-refractivity contribution in [2.75, 3.05) is 25.4 Å². The lowest BCUT2D eigenvalue weighted by Crippen LogP contribution is -2.45. The van der Waals surface area contributed by atoms with Crippen LogP contribution in [0.15, 0.2) is 35.7 Å². The van der Waals surface area contributed by atoms with Crippen LogP contribution in [0.4, 0.5) is 0 Å². The zero-order chi connectivity index (χ0) is 19.2. The minimum Gasteiger partial charge on any atom is -0.353 e. The maximum absolute atomic E-state index is 12.4. The van der Waals surface area contributed by atoms with Gasteiger partial charge in [-0.15, -0.1) is 0 Å². The lowest BCUT2D eigenvalue weighted by Gasteiger charge is -2.32. The minimum atomic E-state index is 0.101. The zero-order valence-corrected chi connectivity index (χ0v) is 17.4. The molecule has 1 amide bonds. The number of imidazole rings is 1. The van der Waals surface area contributed by atoms with Gasteiger partial charge in [0.05, 0.1) is 5.75 Å². The summed E-state index contributed by atoms with van der Waals surface area (Å²) in [4.78, 5) is 19.3. The molecule has 3 rings (SSSR count). The van der Waals surface area contributed by atoms with Crippen molar-refractivity contribution in [3.63, 3.8) is 0 Å². The molecule has 0 spiro atoms. The first-order chi connectivity index (χ1) is 13.0. The van der Waals surface area contributed by atoms with E-state index in [1.165, 1.54) is 29.3 Å². The molecule has 0 bridgehead atoms. The lowest BCUT2D eigenvalue weighted by molar-refractivity contribution is -0.119. The molecule has 1 aliphatic rings. The number of nitrogens with one attached hydrogen (secondary N) is 1. The van der Waals surface area contributed by atoms with Crippen molar-refractivity contribution in [2.45, 2.75) is 51.2 Å². The Morgan fingerprint density at radius 3 is 2.59 bits per heavy atom. The van der Waals surface area contributed by atoms with Gasteiger partial charge in [-0.3, -0.25) is 9.36 Å². The number of amides is 1. The monoisotopic (exact) mass is 386 g/mol. The van der Waals surface area contributed by atoms with E-state index in [1.54, 1.807) is 6.20 Å². The average molecular weight is 387 g/mol. The van der Waals surface area contributed by atoms with Crippen molar-refractivity contribution in [3.05, 3.63) is 41.7 Å². The first kappa shape index (κ1) is 20.0. The summed E-state index contributed by atoms with van der Waals surface area (Å²) >= 11 is 1.50. The quantitative estimate of drug-likeness (QED) is 0.739. The molecule has 0 saturated carbocycles. The van der Waals surface area contributed by atoms with Crippen LogP contribution in [0.1, 0.15) is 37.3 Å². The van der Waals surface area contributed by atoms with Gasteiger partial charge in [0.1, 0.15) is 0 Å². The van der Waals surface area contributed by atoms with E-state index < -0.39 is 0 Å². The van der Waals surface area contributed by atoms with Gasteiger partial charge in [-0.25, -0.2) is 4.98 Å². The highest BCUT2D eigenvalue weighted by atomic mass is 32.2. The van der Waals surface area contributed by atoms with E-state index in [9.17, 15) is 4.79 Å². The van der Waals surface area contributed by atoms with Crippen molar-refractivity contribution in [1.82, 2.24) is 19.8 Å². The summed E-state index contributed by atoms with van der Waals surface area (Å²) < 4.78 is 2.06. The number of likely N-dealkylation sites (tertiary alicyclic amines) is 1. The topological polar surface area (TPSA) is 50.2 Å². The van der Waals surface area contributed by atoms with Crippen LogP contribution < -0.4 is 5.32 Å². The predicted octanol–water partition coefficient (Wildman–Crippen LogP) is 3.57. The van der Waals surface area contributed by atoms with Crippen LogP contribution in [-0.2, 0) is 4.79 Å². The van der Waals surface area contributed by atoms with Crippen LogP contribution in [0.2, 0.25) is 0 Å². The lowest BCUT2D eigenvalue weighted by atomic mass is 10.1. The van der Waals surface area contributed by atoms with Crippen molar-refractivity contribution < 1.29 is 4.79 Å². The van der Waals surface area contributed by atoms with E-state index in [0.717, 1.165) is 43.3 Å². The Bertz CT molecular complexity index is 745. The Morgan fingerprint density at radius 1 is 1.22 bits per heavy atom.